The Hall–Kier alpha value is -1.65. The van der Waals surface area contributed by atoms with Crippen LogP contribution in [0.25, 0.3) is 0 Å². The van der Waals surface area contributed by atoms with Gasteiger partial charge < -0.3 is 10.2 Å². The summed E-state index contributed by atoms with van der Waals surface area (Å²) in [7, 11) is 0. The summed E-state index contributed by atoms with van der Waals surface area (Å²) in [5, 5.41) is 2.88. The normalized spacial score (nSPS) is 11.2. The monoisotopic (exact) mass is 278 g/mol. The van der Waals surface area contributed by atoms with Crippen LogP contribution in [0.2, 0.25) is 0 Å². The first-order chi connectivity index (χ1) is 9.37. The highest BCUT2D eigenvalue weighted by Crippen LogP contribution is 2.11. The molecule has 0 aliphatic heterocycles. The number of hydrogen-bond acceptors (Lipinski definition) is 4. The van der Waals surface area contributed by atoms with Gasteiger partial charge in [-0.1, -0.05) is 13.8 Å². The molecule has 0 saturated carbocycles. The minimum absolute atomic E-state index is 0.186. The van der Waals surface area contributed by atoms with Crippen LogP contribution in [0, 0.1) is 0 Å². The van der Waals surface area contributed by atoms with Crippen molar-refractivity contribution < 1.29 is 4.79 Å². The zero-order chi connectivity index (χ0) is 15.2. The number of carbonyl (C=O) groups is 1. The number of amides is 1. The van der Waals surface area contributed by atoms with Crippen molar-refractivity contribution in [1.29, 1.82) is 0 Å². The summed E-state index contributed by atoms with van der Waals surface area (Å²) in [6, 6.07) is 0. The summed E-state index contributed by atoms with van der Waals surface area (Å²) in [4.78, 5) is 22.8. The van der Waals surface area contributed by atoms with Gasteiger partial charge in [0, 0.05) is 18.6 Å². The molecule has 0 bridgehead atoms. The van der Waals surface area contributed by atoms with Gasteiger partial charge in [0.2, 0.25) is 0 Å². The SMILES string of the molecule is CCCN(CCC)c1cnc(C(=O)NC(C)(C)C)cn1. The molecule has 0 saturated heterocycles. The maximum absolute atomic E-state index is 12.0. The van der Waals surface area contributed by atoms with Crippen molar-refractivity contribution >= 4 is 11.7 Å². The minimum atomic E-state index is -0.270. The molecular formula is C15H26N4O. The predicted molar refractivity (Wildman–Crippen MR) is 82.0 cm³/mol. The number of aromatic nitrogens is 2. The van der Waals surface area contributed by atoms with E-state index >= 15 is 0 Å². The van der Waals surface area contributed by atoms with E-state index < -0.39 is 0 Å². The van der Waals surface area contributed by atoms with Gasteiger partial charge in [-0.05, 0) is 33.6 Å². The van der Waals surface area contributed by atoms with Crippen molar-refractivity contribution in [2.75, 3.05) is 18.0 Å². The van der Waals surface area contributed by atoms with Crippen LogP contribution >= 0.6 is 0 Å². The number of hydrogen-bond donors (Lipinski definition) is 1. The minimum Gasteiger partial charge on any atom is -0.355 e. The fourth-order valence-corrected chi connectivity index (χ4v) is 1.89. The van der Waals surface area contributed by atoms with Crippen molar-refractivity contribution in [1.82, 2.24) is 15.3 Å². The van der Waals surface area contributed by atoms with Gasteiger partial charge in [-0.3, -0.25) is 4.79 Å². The first-order valence-electron chi connectivity index (χ1n) is 7.27. The molecule has 0 fully saturated rings. The lowest BCUT2D eigenvalue weighted by Crippen LogP contribution is -2.41. The molecule has 5 nitrogen and oxygen atoms in total. The van der Waals surface area contributed by atoms with Crippen molar-refractivity contribution in [3.8, 4) is 0 Å². The lowest BCUT2D eigenvalue weighted by atomic mass is 10.1. The van der Waals surface area contributed by atoms with Gasteiger partial charge in [0.1, 0.15) is 11.5 Å². The molecule has 0 spiro atoms. The van der Waals surface area contributed by atoms with Crippen LogP contribution in [0.15, 0.2) is 12.4 Å². The molecular weight excluding hydrogens is 252 g/mol. The second-order valence-corrected chi connectivity index (χ2v) is 5.95. The molecule has 1 aromatic rings. The summed E-state index contributed by atoms with van der Waals surface area (Å²) >= 11 is 0. The summed E-state index contributed by atoms with van der Waals surface area (Å²) < 4.78 is 0. The molecule has 0 atom stereocenters. The maximum atomic E-state index is 12.0. The van der Waals surface area contributed by atoms with Crippen LogP contribution in [0.1, 0.15) is 57.9 Å². The first-order valence-corrected chi connectivity index (χ1v) is 7.27. The van der Waals surface area contributed by atoms with E-state index in [1.807, 2.05) is 20.8 Å². The van der Waals surface area contributed by atoms with Crippen LogP contribution in [0.3, 0.4) is 0 Å². The highest BCUT2D eigenvalue weighted by Gasteiger charge is 2.17. The van der Waals surface area contributed by atoms with E-state index in [4.69, 9.17) is 0 Å². The van der Waals surface area contributed by atoms with Gasteiger partial charge in [0.15, 0.2) is 0 Å². The summed E-state index contributed by atoms with van der Waals surface area (Å²) in [5.41, 5.74) is 0.0880. The number of nitrogens with one attached hydrogen (secondary N) is 1. The molecule has 0 aromatic carbocycles. The Balaban J connectivity index is 2.79. The Bertz CT molecular complexity index is 416. The van der Waals surface area contributed by atoms with E-state index in [-0.39, 0.29) is 11.4 Å². The van der Waals surface area contributed by atoms with Gasteiger partial charge in [-0.15, -0.1) is 0 Å². The fraction of sp³-hybridized carbons (Fsp3) is 0.667. The zero-order valence-electron chi connectivity index (χ0n) is 13.2. The molecule has 0 unspecified atom stereocenters. The van der Waals surface area contributed by atoms with Crippen LogP contribution in [-0.4, -0.2) is 34.5 Å². The third-order valence-electron chi connectivity index (χ3n) is 2.67. The van der Waals surface area contributed by atoms with E-state index in [1.165, 1.54) is 0 Å². The average Bonchev–Trinajstić information content (AvgIpc) is 2.37. The molecule has 0 aliphatic rings. The van der Waals surface area contributed by atoms with Crippen molar-refractivity contribution in [3.63, 3.8) is 0 Å². The number of rotatable bonds is 6. The second-order valence-electron chi connectivity index (χ2n) is 5.95. The van der Waals surface area contributed by atoms with Crippen molar-refractivity contribution in [2.45, 2.75) is 53.0 Å². The third kappa shape index (κ3) is 5.15. The fourth-order valence-electron chi connectivity index (χ4n) is 1.89. The first kappa shape index (κ1) is 16.4. The maximum Gasteiger partial charge on any atom is 0.271 e. The van der Waals surface area contributed by atoms with Gasteiger partial charge >= 0.3 is 0 Å². The molecule has 5 heteroatoms. The van der Waals surface area contributed by atoms with Gasteiger partial charge in [0.05, 0.1) is 12.4 Å². The number of nitrogens with zero attached hydrogens (tertiary/aromatic N) is 3. The van der Waals surface area contributed by atoms with Gasteiger partial charge in [-0.25, -0.2) is 9.97 Å². The lowest BCUT2D eigenvalue weighted by Gasteiger charge is -2.22. The Morgan fingerprint density at radius 3 is 2.15 bits per heavy atom. The summed E-state index contributed by atoms with van der Waals surface area (Å²) in [5.74, 6) is 0.648. The van der Waals surface area contributed by atoms with Crippen LogP contribution in [0.5, 0.6) is 0 Å². The molecule has 1 N–H and O–H groups in total. The van der Waals surface area contributed by atoms with Gasteiger partial charge in [0.25, 0.3) is 5.91 Å². The van der Waals surface area contributed by atoms with Crippen LogP contribution < -0.4 is 10.2 Å². The molecule has 1 rings (SSSR count). The Kier molecular flexibility index (Phi) is 5.92. The average molecular weight is 278 g/mol. The molecule has 20 heavy (non-hydrogen) atoms. The quantitative estimate of drug-likeness (QED) is 0.869. The van der Waals surface area contributed by atoms with E-state index in [0.717, 1.165) is 31.7 Å². The van der Waals surface area contributed by atoms with E-state index in [1.54, 1.807) is 12.4 Å². The van der Waals surface area contributed by atoms with E-state index in [9.17, 15) is 4.79 Å². The topological polar surface area (TPSA) is 58.1 Å². The van der Waals surface area contributed by atoms with Crippen LogP contribution in [-0.2, 0) is 0 Å². The molecule has 1 amide bonds. The molecule has 1 aromatic heterocycles. The Morgan fingerprint density at radius 1 is 1.15 bits per heavy atom. The lowest BCUT2D eigenvalue weighted by molar-refractivity contribution is 0.0914. The molecule has 0 radical (unpaired) electrons. The summed E-state index contributed by atoms with van der Waals surface area (Å²) in [6.45, 7) is 12.0. The zero-order valence-corrected chi connectivity index (χ0v) is 13.2. The molecule has 112 valence electrons. The number of anilines is 1. The van der Waals surface area contributed by atoms with Crippen LogP contribution in [0.4, 0.5) is 5.82 Å². The number of carbonyl (C=O) groups excluding carboxylic acids is 1. The summed E-state index contributed by atoms with van der Waals surface area (Å²) in [6.07, 6.45) is 5.36. The smallest absolute Gasteiger partial charge is 0.271 e. The standard InChI is InChI=1S/C15H26N4O/c1-6-8-19(9-7-2)13-11-16-12(10-17-13)14(20)18-15(3,4)5/h10-11H,6-9H2,1-5H3,(H,18,20). The second kappa shape index (κ2) is 7.22. The third-order valence-corrected chi connectivity index (χ3v) is 2.67. The highest BCUT2D eigenvalue weighted by atomic mass is 16.2. The highest BCUT2D eigenvalue weighted by molar-refractivity contribution is 5.92. The molecule has 1 heterocycles. The van der Waals surface area contributed by atoms with Crippen molar-refractivity contribution in [2.24, 2.45) is 0 Å². The largest absolute Gasteiger partial charge is 0.355 e. The predicted octanol–water partition coefficient (Wildman–Crippen LogP) is 2.63. The van der Waals surface area contributed by atoms with Crippen molar-refractivity contribution in [3.05, 3.63) is 18.1 Å². The Labute approximate surface area is 121 Å². The van der Waals surface area contributed by atoms with E-state index in [2.05, 4.69) is 34.0 Å². The Morgan fingerprint density at radius 2 is 1.75 bits per heavy atom. The molecule has 0 aliphatic carbocycles. The van der Waals surface area contributed by atoms with E-state index in [0.29, 0.717) is 5.69 Å². The van der Waals surface area contributed by atoms with Gasteiger partial charge in [-0.2, -0.15) is 0 Å².